The number of halogens is 2. The van der Waals surface area contributed by atoms with Crippen LogP contribution >= 0.6 is 0 Å². The minimum Gasteiger partial charge on any atom is -0.491 e. The van der Waals surface area contributed by atoms with Crippen molar-refractivity contribution in [2.24, 2.45) is 0 Å². The molecular formula is C31H30F2O2. The average Bonchev–Trinajstić information content (AvgIpc) is 3.36. The maximum Gasteiger partial charge on any atom is 0.200 e. The molecule has 0 aliphatic heterocycles. The first-order chi connectivity index (χ1) is 17.1. The highest BCUT2D eigenvalue weighted by Crippen LogP contribution is 2.28. The van der Waals surface area contributed by atoms with Crippen LogP contribution in [0.1, 0.15) is 37.2 Å². The van der Waals surface area contributed by atoms with Crippen LogP contribution in [0.3, 0.4) is 0 Å². The Kier molecular flexibility index (Phi) is 8.15. The lowest BCUT2D eigenvalue weighted by Crippen LogP contribution is -2.02. The summed E-state index contributed by atoms with van der Waals surface area (Å²) in [4.78, 5) is 0. The van der Waals surface area contributed by atoms with Gasteiger partial charge in [-0.25, -0.2) is 4.39 Å². The van der Waals surface area contributed by atoms with E-state index in [4.69, 9.17) is 9.15 Å². The van der Waals surface area contributed by atoms with Crippen LogP contribution in [-0.2, 0) is 19.3 Å². The zero-order valence-corrected chi connectivity index (χ0v) is 20.2. The first-order valence-electron chi connectivity index (χ1n) is 12.1. The zero-order chi connectivity index (χ0) is 24.6. The molecule has 0 spiro atoms. The highest BCUT2D eigenvalue weighted by atomic mass is 19.2. The number of rotatable bonds is 10. The molecule has 0 aliphatic carbocycles. The van der Waals surface area contributed by atoms with Crippen molar-refractivity contribution < 1.29 is 17.9 Å². The van der Waals surface area contributed by atoms with Gasteiger partial charge in [0.2, 0.25) is 5.82 Å². The molecule has 3 aromatic carbocycles. The number of benzene rings is 3. The van der Waals surface area contributed by atoms with E-state index in [2.05, 4.69) is 48.6 Å². The summed E-state index contributed by atoms with van der Waals surface area (Å²) in [6.45, 7) is 4.06. The van der Waals surface area contributed by atoms with Crippen molar-refractivity contribution in [3.63, 3.8) is 0 Å². The van der Waals surface area contributed by atoms with Gasteiger partial charge in [0.25, 0.3) is 0 Å². The Morgan fingerprint density at radius 2 is 1.43 bits per heavy atom. The van der Waals surface area contributed by atoms with Gasteiger partial charge in [-0.05, 0) is 73.6 Å². The molecule has 35 heavy (non-hydrogen) atoms. The third-order valence-corrected chi connectivity index (χ3v) is 6.02. The number of ether oxygens (including phenoxy) is 1. The lowest BCUT2D eigenvalue weighted by atomic mass is 9.99. The summed E-state index contributed by atoms with van der Waals surface area (Å²) in [7, 11) is 0. The summed E-state index contributed by atoms with van der Waals surface area (Å²) in [6.07, 6.45) is 7.11. The number of furan rings is 1. The van der Waals surface area contributed by atoms with Crippen LogP contribution in [0.5, 0.6) is 5.75 Å². The molecule has 0 amide bonds. The van der Waals surface area contributed by atoms with Gasteiger partial charge in [-0.2, -0.15) is 4.39 Å². The average molecular weight is 473 g/mol. The van der Waals surface area contributed by atoms with E-state index < -0.39 is 11.6 Å². The zero-order valence-electron chi connectivity index (χ0n) is 20.2. The molecule has 4 rings (SSSR count). The highest BCUT2D eigenvalue weighted by Gasteiger charge is 2.14. The molecular weight excluding hydrogens is 442 g/mol. The maximum absolute atomic E-state index is 14.3. The molecule has 0 saturated carbocycles. The van der Waals surface area contributed by atoms with Gasteiger partial charge in [-0.1, -0.05) is 66.7 Å². The van der Waals surface area contributed by atoms with Crippen LogP contribution in [0.4, 0.5) is 8.78 Å². The number of allylic oxidation sites excluding steroid dienone is 2. The summed E-state index contributed by atoms with van der Waals surface area (Å²) in [5.41, 5.74) is 4.69. The fourth-order valence-corrected chi connectivity index (χ4v) is 4.06. The van der Waals surface area contributed by atoms with Gasteiger partial charge in [0.05, 0.1) is 6.61 Å². The molecule has 4 aromatic rings. The second-order valence-electron chi connectivity index (χ2n) is 8.43. The molecule has 1 aromatic heterocycles. The topological polar surface area (TPSA) is 22.4 Å². The number of hydrogen-bond acceptors (Lipinski definition) is 2. The van der Waals surface area contributed by atoms with Gasteiger partial charge < -0.3 is 9.15 Å². The lowest BCUT2D eigenvalue weighted by Gasteiger charge is -2.09. The van der Waals surface area contributed by atoms with E-state index in [0.29, 0.717) is 25.0 Å². The van der Waals surface area contributed by atoms with Crippen molar-refractivity contribution in [1.29, 1.82) is 0 Å². The van der Waals surface area contributed by atoms with E-state index in [0.717, 1.165) is 46.6 Å². The normalized spacial score (nSPS) is 11.3. The number of hydrogen-bond donors (Lipinski definition) is 0. The quantitative estimate of drug-likeness (QED) is 0.216. The summed E-state index contributed by atoms with van der Waals surface area (Å²) in [6, 6.07) is 23.7. The summed E-state index contributed by atoms with van der Waals surface area (Å²) >= 11 is 0. The molecule has 180 valence electrons. The van der Waals surface area contributed by atoms with Crippen molar-refractivity contribution in [2.45, 2.75) is 39.5 Å². The van der Waals surface area contributed by atoms with Crippen molar-refractivity contribution in [3.05, 3.63) is 113 Å². The molecule has 0 saturated heterocycles. The van der Waals surface area contributed by atoms with Gasteiger partial charge in [-0.3, -0.25) is 0 Å². The number of aryl methyl sites for hydroxylation is 3. The third-order valence-electron chi connectivity index (χ3n) is 6.02. The van der Waals surface area contributed by atoms with E-state index in [1.807, 2.05) is 31.2 Å². The van der Waals surface area contributed by atoms with Crippen molar-refractivity contribution in [1.82, 2.24) is 0 Å². The van der Waals surface area contributed by atoms with Gasteiger partial charge in [0, 0.05) is 12.0 Å². The monoisotopic (exact) mass is 472 g/mol. The van der Waals surface area contributed by atoms with Crippen LogP contribution in [0.25, 0.3) is 22.5 Å². The Balaban J connectivity index is 1.38. The fraction of sp³-hybridized carbons (Fsp3) is 0.226. The predicted molar refractivity (Wildman–Crippen MR) is 138 cm³/mol. The lowest BCUT2D eigenvalue weighted by molar-refractivity contribution is 0.313. The first kappa shape index (κ1) is 24.5. The molecule has 2 nitrogen and oxygen atoms in total. The maximum atomic E-state index is 14.3. The Morgan fingerprint density at radius 1 is 0.743 bits per heavy atom. The Bertz CT molecular complexity index is 1270. The van der Waals surface area contributed by atoms with Crippen molar-refractivity contribution in [2.75, 3.05) is 6.61 Å². The van der Waals surface area contributed by atoms with Gasteiger partial charge >= 0.3 is 0 Å². The fourth-order valence-electron chi connectivity index (χ4n) is 4.06. The largest absolute Gasteiger partial charge is 0.491 e. The molecule has 0 atom stereocenters. The molecule has 1 heterocycles. The summed E-state index contributed by atoms with van der Waals surface area (Å²) < 4.78 is 39.5. The molecule has 0 aliphatic rings. The Morgan fingerprint density at radius 3 is 2.11 bits per heavy atom. The van der Waals surface area contributed by atoms with Crippen LogP contribution in [0.15, 0.2) is 89.4 Å². The molecule has 0 fully saturated rings. The Hall–Kier alpha value is -3.66. The Labute approximate surface area is 205 Å². The molecule has 4 heteroatoms. The van der Waals surface area contributed by atoms with Crippen molar-refractivity contribution >= 4 is 0 Å². The summed E-state index contributed by atoms with van der Waals surface area (Å²) in [5, 5.41) is 0. The van der Waals surface area contributed by atoms with Gasteiger partial charge in [0.15, 0.2) is 11.6 Å². The van der Waals surface area contributed by atoms with Gasteiger partial charge in [0.1, 0.15) is 11.5 Å². The van der Waals surface area contributed by atoms with Gasteiger partial charge in [-0.15, -0.1) is 0 Å². The van der Waals surface area contributed by atoms with Crippen LogP contribution in [-0.4, -0.2) is 6.61 Å². The second-order valence-corrected chi connectivity index (χ2v) is 8.43. The van der Waals surface area contributed by atoms with E-state index in [9.17, 15) is 8.78 Å². The smallest absolute Gasteiger partial charge is 0.200 e. The molecule has 0 radical (unpaired) electrons. The van der Waals surface area contributed by atoms with Crippen LogP contribution in [0.2, 0.25) is 0 Å². The minimum absolute atomic E-state index is 0.0407. The summed E-state index contributed by atoms with van der Waals surface area (Å²) in [5.74, 6) is 0.0867. The molecule has 0 bridgehead atoms. The van der Waals surface area contributed by atoms with E-state index >= 15 is 0 Å². The highest BCUT2D eigenvalue weighted by molar-refractivity contribution is 5.68. The minimum atomic E-state index is -0.914. The van der Waals surface area contributed by atoms with Crippen LogP contribution in [0, 0.1) is 11.6 Å². The third kappa shape index (κ3) is 6.07. The van der Waals surface area contributed by atoms with E-state index in [1.54, 1.807) is 13.0 Å². The first-order valence-corrected chi connectivity index (χ1v) is 12.1. The molecule has 0 N–H and O–H groups in total. The van der Waals surface area contributed by atoms with Crippen molar-refractivity contribution in [3.8, 4) is 28.2 Å². The van der Waals surface area contributed by atoms with E-state index in [1.165, 1.54) is 6.07 Å². The predicted octanol–water partition coefficient (Wildman–Crippen LogP) is 8.58. The molecule has 0 unspecified atom stereocenters. The second kappa shape index (κ2) is 11.7. The van der Waals surface area contributed by atoms with Crippen LogP contribution < -0.4 is 4.74 Å². The van der Waals surface area contributed by atoms with E-state index in [-0.39, 0.29) is 5.75 Å². The standard InChI is InChI=1S/C31H30F2O2/c1-3-5-6-7-27-19-21-28(35-27)25-16-14-24(15-17-25)23-11-8-22(9-12-23)10-13-26-18-20-29(34-4-2)31(33)30(26)32/h3,5,8-9,11-12,14-21H,4,6-7,10,13H2,1-2H3/b5-3+. The SMILES string of the molecule is C/C=C/CCc1ccc(-c2ccc(-c3ccc(CCc4ccc(OCC)c(F)c4F)cc3)cc2)o1.